The molecule has 2 aromatic rings. The third-order valence-corrected chi connectivity index (χ3v) is 4.60. The van der Waals surface area contributed by atoms with Crippen LogP contribution in [0.4, 0.5) is 4.39 Å². The van der Waals surface area contributed by atoms with Gasteiger partial charge in [0.05, 0.1) is 11.1 Å². The highest BCUT2D eigenvalue weighted by molar-refractivity contribution is 6.04. The van der Waals surface area contributed by atoms with Gasteiger partial charge in [-0.25, -0.2) is 9.37 Å². The van der Waals surface area contributed by atoms with E-state index in [2.05, 4.69) is 22.2 Å². The average molecular weight is 317 g/mol. The van der Waals surface area contributed by atoms with E-state index in [1.54, 1.807) is 6.20 Å². The van der Waals surface area contributed by atoms with Gasteiger partial charge in [0.1, 0.15) is 17.2 Å². The zero-order valence-electron chi connectivity index (χ0n) is 12.9. The molecular formula is C16H20FN5O. The summed E-state index contributed by atoms with van der Waals surface area (Å²) in [6, 6.07) is 2.41. The van der Waals surface area contributed by atoms with E-state index in [0.29, 0.717) is 16.9 Å². The van der Waals surface area contributed by atoms with Crippen LogP contribution in [0, 0.1) is 11.2 Å². The van der Waals surface area contributed by atoms with Gasteiger partial charge in [-0.05, 0) is 43.5 Å². The zero-order chi connectivity index (χ0) is 16.6. The minimum atomic E-state index is -0.709. The molecule has 1 amide bonds. The van der Waals surface area contributed by atoms with Crippen LogP contribution in [0.1, 0.15) is 35.9 Å². The number of allylic oxidation sites excluding steroid dienone is 1. The van der Waals surface area contributed by atoms with Crippen molar-refractivity contribution in [3.05, 3.63) is 35.5 Å². The van der Waals surface area contributed by atoms with E-state index >= 15 is 0 Å². The van der Waals surface area contributed by atoms with Gasteiger partial charge >= 0.3 is 0 Å². The first-order chi connectivity index (χ1) is 10.9. The van der Waals surface area contributed by atoms with Gasteiger partial charge in [0.15, 0.2) is 0 Å². The number of rotatable bonds is 3. The molecule has 0 bridgehead atoms. The molecule has 1 aliphatic heterocycles. The first-order valence-corrected chi connectivity index (χ1v) is 7.57. The number of imidazole rings is 1. The molecule has 122 valence electrons. The van der Waals surface area contributed by atoms with E-state index in [9.17, 15) is 9.18 Å². The number of carbonyl (C=O) groups excluding carboxylic acids is 1. The van der Waals surface area contributed by atoms with E-state index in [4.69, 9.17) is 11.5 Å². The number of H-pyrrole nitrogens is 1. The van der Waals surface area contributed by atoms with Crippen LogP contribution in [0.2, 0.25) is 0 Å². The van der Waals surface area contributed by atoms with Crippen molar-refractivity contribution in [1.82, 2.24) is 15.3 Å². The van der Waals surface area contributed by atoms with Gasteiger partial charge in [-0.3, -0.25) is 4.79 Å². The molecular weight excluding hydrogens is 297 g/mol. The second-order valence-electron chi connectivity index (χ2n) is 6.19. The molecule has 1 fully saturated rings. The highest BCUT2D eigenvalue weighted by atomic mass is 19.1. The van der Waals surface area contributed by atoms with Crippen LogP contribution in [0.15, 0.2) is 18.3 Å². The Balaban J connectivity index is 2.12. The summed E-state index contributed by atoms with van der Waals surface area (Å²) in [5.41, 5.74) is 12.8. The van der Waals surface area contributed by atoms with Crippen molar-refractivity contribution in [2.24, 2.45) is 16.9 Å². The molecule has 1 aliphatic rings. The number of carbonyl (C=O) groups is 1. The largest absolute Gasteiger partial charge is 0.404 e. The number of nitrogens with two attached hydrogens (primary N) is 2. The summed E-state index contributed by atoms with van der Waals surface area (Å²) in [4.78, 5) is 19.1. The van der Waals surface area contributed by atoms with Gasteiger partial charge in [0, 0.05) is 11.8 Å². The maximum Gasteiger partial charge on any atom is 0.251 e. The van der Waals surface area contributed by atoms with Gasteiger partial charge in [-0.2, -0.15) is 0 Å². The fourth-order valence-corrected chi connectivity index (χ4v) is 3.21. The van der Waals surface area contributed by atoms with Gasteiger partial charge in [0.25, 0.3) is 5.91 Å². The van der Waals surface area contributed by atoms with Crippen LogP contribution in [0.25, 0.3) is 16.6 Å². The quantitative estimate of drug-likeness (QED) is 0.687. The Morgan fingerprint density at radius 2 is 2.09 bits per heavy atom. The molecule has 1 saturated heterocycles. The predicted molar refractivity (Wildman–Crippen MR) is 86.9 cm³/mol. The lowest BCUT2D eigenvalue weighted by atomic mass is 9.74. The average Bonchev–Trinajstić information content (AvgIpc) is 2.90. The van der Waals surface area contributed by atoms with Crippen molar-refractivity contribution >= 4 is 22.5 Å². The minimum Gasteiger partial charge on any atom is -0.404 e. The molecule has 0 atom stereocenters. The number of aromatic nitrogens is 2. The van der Waals surface area contributed by atoms with E-state index in [-0.39, 0.29) is 11.0 Å². The van der Waals surface area contributed by atoms with Gasteiger partial charge in [-0.15, -0.1) is 0 Å². The van der Waals surface area contributed by atoms with Crippen LogP contribution in [0.3, 0.4) is 0 Å². The Bertz CT molecular complexity index is 789. The second-order valence-corrected chi connectivity index (χ2v) is 6.19. The van der Waals surface area contributed by atoms with Crippen LogP contribution in [0.5, 0.6) is 0 Å². The molecule has 3 rings (SSSR count). The zero-order valence-corrected chi connectivity index (χ0v) is 12.9. The standard InChI is InChI=1S/C16H20FN5O/c1-16(2-4-20-5-3-16)11(8-18)15-21-12-7-9(17)6-10(14(19)23)13(12)22-15/h6-8,20H,2-5,18H2,1H3,(H2,19,23)(H,21,22). The van der Waals surface area contributed by atoms with Gasteiger partial charge in [-0.1, -0.05) is 6.92 Å². The monoisotopic (exact) mass is 317 g/mol. The lowest BCUT2D eigenvalue weighted by molar-refractivity contribution is 0.100. The number of nitrogens with one attached hydrogen (secondary N) is 2. The molecule has 0 radical (unpaired) electrons. The molecule has 0 aliphatic carbocycles. The second kappa shape index (κ2) is 5.66. The highest BCUT2D eigenvalue weighted by Gasteiger charge is 2.33. The lowest BCUT2D eigenvalue weighted by Crippen LogP contribution is -2.36. The molecule has 1 aromatic heterocycles. The molecule has 23 heavy (non-hydrogen) atoms. The smallest absolute Gasteiger partial charge is 0.251 e. The van der Waals surface area contributed by atoms with Crippen molar-refractivity contribution in [1.29, 1.82) is 0 Å². The van der Waals surface area contributed by atoms with Crippen LogP contribution in [-0.2, 0) is 0 Å². The summed E-state index contributed by atoms with van der Waals surface area (Å²) in [5.74, 6) is -0.688. The Morgan fingerprint density at radius 3 is 2.70 bits per heavy atom. The summed E-state index contributed by atoms with van der Waals surface area (Å²) < 4.78 is 13.7. The molecule has 0 saturated carbocycles. The van der Waals surface area contributed by atoms with E-state index < -0.39 is 11.7 Å². The first kappa shape index (κ1) is 15.5. The predicted octanol–water partition coefficient (Wildman–Crippen LogP) is 1.49. The number of amides is 1. The minimum absolute atomic E-state index is 0.0642. The normalized spacial score (nSPS) is 18.3. The molecule has 0 unspecified atom stereocenters. The number of fused-ring (bicyclic) bond motifs is 1. The molecule has 1 aromatic carbocycles. The number of primary amides is 1. The Kier molecular flexibility index (Phi) is 3.81. The third-order valence-electron chi connectivity index (χ3n) is 4.60. The molecule has 6 nitrogen and oxygen atoms in total. The molecule has 6 N–H and O–H groups in total. The van der Waals surface area contributed by atoms with E-state index in [1.165, 1.54) is 6.07 Å². The van der Waals surface area contributed by atoms with Crippen LogP contribution < -0.4 is 16.8 Å². The molecule has 7 heteroatoms. The summed E-state index contributed by atoms with van der Waals surface area (Å²) in [6.07, 6.45) is 3.39. The lowest BCUT2D eigenvalue weighted by Gasteiger charge is -2.35. The van der Waals surface area contributed by atoms with E-state index in [0.717, 1.165) is 37.6 Å². The number of nitrogens with zero attached hydrogens (tertiary/aromatic N) is 1. The Labute approximate surface area is 133 Å². The van der Waals surface area contributed by atoms with Crippen LogP contribution >= 0.6 is 0 Å². The molecule has 2 heterocycles. The van der Waals surface area contributed by atoms with Crippen molar-refractivity contribution < 1.29 is 9.18 Å². The summed E-state index contributed by atoms with van der Waals surface area (Å²) in [7, 11) is 0. The highest BCUT2D eigenvalue weighted by Crippen LogP contribution is 2.41. The summed E-state index contributed by atoms with van der Waals surface area (Å²) in [5, 5.41) is 3.32. The van der Waals surface area contributed by atoms with Gasteiger partial charge < -0.3 is 21.8 Å². The first-order valence-electron chi connectivity index (χ1n) is 7.57. The number of piperidine rings is 1. The van der Waals surface area contributed by atoms with Crippen molar-refractivity contribution in [3.8, 4) is 0 Å². The Morgan fingerprint density at radius 1 is 1.39 bits per heavy atom. The van der Waals surface area contributed by atoms with Crippen molar-refractivity contribution in [2.75, 3.05) is 13.1 Å². The fourth-order valence-electron chi connectivity index (χ4n) is 3.21. The van der Waals surface area contributed by atoms with Crippen molar-refractivity contribution in [3.63, 3.8) is 0 Å². The Hall–Kier alpha value is -2.41. The van der Waals surface area contributed by atoms with Crippen molar-refractivity contribution in [2.45, 2.75) is 19.8 Å². The maximum atomic E-state index is 13.7. The summed E-state index contributed by atoms with van der Waals surface area (Å²) >= 11 is 0. The number of hydrogen-bond donors (Lipinski definition) is 4. The number of aromatic amines is 1. The maximum absolute atomic E-state index is 13.7. The third kappa shape index (κ3) is 2.68. The molecule has 0 spiro atoms. The topological polar surface area (TPSA) is 110 Å². The number of benzene rings is 1. The number of hydrogen-bond acceptors (Lipinski definition) is 4. The van der Waals surface area contributed by atoms with Crippen LogP contribution in [-0.4, -0.2) is 29.0 Å². The summed E-state index contributed by atoms with van der Waals surface area (Å²) in [6.45, 7) is 3.93. The van der Waals surface area contributed by atoms with E-state index in [1.807, 2.05) is 0 Å². The fraction of sp³-hybridized carbons (Fsp3) is 0.375. The number of halogens is 1. The SMILES string of the molecule is CC1(C(=CN)c2nc3c(C(N)=O)cc(F)cc3[nH]2)CCNCC1. The van der Waals surface area contributed by atoms with Gasteiger partial charge in [0.2, 0.25) is 0 Å².